The molecular formula is C4H14Cl2N2. The van der Waals surface area contributed by atoms with E-state index >= 15 is 0 Å². The van der Waals surface area contributed by atoms with Gasteiger partial charge in [0.15, 0.2) is 0 Å². The van der Waals surface area contributed by atoms with Crippen LogP contribution in [0, 0.1) is 0 Å². The van der Waals surface area contributed by atoms with E-state index in [2.05, 4.69) is 6.92 Å². The second-order valence-corrected chi connectivity index (χ2v) is 1.45. The minimum absolute atomic E-state index is 0. The molecule has 2 nitrogen and oxygen atoms in total. The second kappa shape index (κ2) is 10.5. The minimum atomic E-state index is -0.102. The van der Waals surface area contributed by atoms with Crippen molar-refractivity contribution >= 4 is 24.8 Å². The van der Waals surface area contributed by atoms with E-state index in [9.17, 15) is 0 Å². The lowest BCUT2D eigenvalue weighted by Crippen LogP contribution is -2.29. The molecule has 0 aromatic carbocycles. The Balaban J connectivity index is -0.000000125. The van der Waals surface area contributed by atoms with E-state index in [1.165, 1.54) is 0 Å². The fraction of sp³-hybridized carbons (Fsp3) is 1.00. The summed E-state index contributed by atoms with van der Waals surface area (Å²) >= 11 is 0. The van der Waals surface area contributed by atoms with Crippen LogP contribution in [0.1, 0.15) is 19.8 Å². The topological polar surface area (TPSA) is 52.0 Å². The average molecular weight is 161 g/mol. The average Bonchev–Trinajstić information content (AvgIpc) is 1.35. The number of hydrogen-bond acceptors (Lipinski definition) is 2. The van der Waals surface area contributed by atoms with E-state index in [-0.39, 0.29) is 31.0 Å². The van der Waals surface area contributed by atoms with Gasteiger partial charge in [0.05, 0.1) is 6.17 Å². The number of halogens is 2. The first kappa shape index (κ1) is 15.8. The first-order chi connectivity index (χ1) is 2.77. The first-order valence-corrected chi connectivity index (χ1v) is 2.28. The third-order valence-electron chi connectivity index (χ3n) is 0.622. The van der Waals surface area contributed by atoms with Gasteiger partial charge in [-0.2, -0.15) is 0 Å². The van der Waals surface area contributed by atoms with Gasteiger partial charge in [0.2, 0.25) is 0 Å². The fourth-order valence-electron chi connectivity index (χ4n) is 0.333. The van der Waals surface area contributed by atoms with Crippen LogP contribution in [0.4, 0.5) is 0 Å². The molecule has 0 heterocycles. The van der Waals surface area contributed by atoms with Gasteiger partial charge < -0.3 is 11.5 Å². The molecular weight excluding hydrogens is 147 g/mol. The summed E-state index contributed by atoms with van der Waals surface area (Å²) < 4.78 is 0. The highest BCUT2D eigenvalue weighted by molar-refractivity contribution is 5.85. The molecule has 0 rings (SSSR count). The fourth-order valence-corrected chi connectivity index (χ4v) is 0.333. The van der Waals surface area contributed by atoms with E-state index in [0.29, 0.717) is 0 Å². The van der Waals surface area contributed by atoms with Crippen LogP contribution in [-0.2, 0) is 0 Å². The van der Waals surface area contributed by atoms with Crippen LogP contribution in [0.5, 0.6) is 0 Å². The lowest BCUT2D eigenvalue weighted by atomic mass is 10.3. The molecule has 0 aromatic rings. The second-order valence-electron chi connectivity index (χ2n) is 1.45. The summed E-state index contributed by atoms with van der Waals surface area (Å²) in [5.41, 5.74) is 10.4. The molecule has 0 amide bonds. The highest BCUT2D eigenvalue weighted by Gasteiger charge is 1.85. The van der Waals surface area contributed by atoms with Crippen molar-refractivity contribution in [3.05, 3.63) is 0 Å². The van der Waals surface area contributed by atoms with Crippen LogP contribution in [0.15, 0.2) is 0 Å². The Labute approximate surface area is 62.8 Å². The maximum atomic E-state index is 5.18. The summed E-state index contributed by atoms with van der Waals surface area (Å²) in [6.45, 7) is 2.06. The molecule has 0 aliphatic rings. The van der Waals surface area contributed by atoms with Crippen LogP contribution >= 0.6 is 24.8 Å². The van der Waals surface area contributed by atoms with Crippen molar-refractivity contribution < 1.29 is 0 Å². The van der Waals surface area contributed by atoms with E-state index in [4.69, 9.17) is 11.5 Å². The summed E-state index contributed by atoms with van der Waals surface area (Å²) in [5, 5.41) is 0. The molecule has 0 spiro atoms. The quantitative estimate of drug-likeness (QED) is 0.590. The first-order valence-electron chi connectivity index (χ1n) is 2.28. The molecule has 0 saturated heterocycles. The van der Waals surface area contributed by atoms with Crippen molar-refractivity contribution in [1.29, 1.82) is 0 Å². The summed E-state index contributed by atoms with van der Waals surface area (Å²) in [6, 6.07) is 0. The van der Waals surface area contributed by atoms with Gasteiger partial charge in [0.25, 0.3) is 0 Å². The lowest BCUT2D eigenvalue weighted by Gasteiger charge is -1.97. The smallest absolute Gasteiger partial charge is 0.0520 e. The van der Waals surface area contributed by atoms with Crippen molar-refractivity contribution in [3.63, 3.8) is 0 Å². The highest BCUT2D eigenvalue weighted by Crippen LogP contribution is 1.82. The molecule has 8 heavy (non-hydrogen) atoms. The molecule has 0 saturated carbocycles. The van der Waals surface area contributed by atoms with Gasteiger partial charge in [0, 0.05) is 0 Å². The summed E-state index contributed by atoms with van der Waals surface area (Å²) in [5.74, 6) is 0. The van der Waals surface area contributed by atoms with Gasteiger partial charge in [0.1, 0.15) is 0 Å². The van der Waals surface area contributed by atoms with E-state index in [1.54, 1.807) is 0 Å². The third-order valence-corrected chi connectivity index (χ3v) is 0.622. The molecule has 0 fully saturated rings. The monoisotopic (exact) mass is 160 g/mol. The Morgan fingerprint density at radius 2 is 1.62 bits per heavy atom. The Bertz CT molecular complexity index is 33.2. The van der Waals surface area contributed by atoms with Gasteiger partial charge in [-0.15, -0.1) is 24.8 Å². The van der Waals surface area contributed by atoms with Gasteiger partial charge in [-0.3, -0.25) is 0 Å². The number of rotatable bonds is 2. The molecule has 0 aromatic heterocycles. The molecule has 0 atom stereocenters. The van der Waals surface area contributed by atoms with E-state index in [1.807, 2.05) is 0 Å². The van der Waals surface area contributed by atoms with Crippen LogP contribution in [0.25, 0.3) is 0 Å². The molecule has 0 aliphatic heterocycles. The SMILES string of the molecule is CCCC(N)N.Cl.Cl. The van der Waals surface area contributed by atoms with Crippen molar-refractivity contribution in [2.75, 3.05) is 0 Å². The number of hydrogen-bond donors (Lipinski definition) is 2. The Morgan fingerprint density at radius 3 is 1.62 bits per heavy atom. The number of nitrogens with two attached hydrogens (primary N) is 2. The van der Waals surface area contributed by atoms with Crippen molar-refractivity contribution in [3.8, 4) is 0 Å². The van der Waals surface area contributed by atoms with Gasteiger partial charge in [-0.1, -0.05) is 13.3 Å². The van der Waals surface area contributed by atoms with Crippen molar-refractivity contribution in [1.82, 2.24) is 0 Å². The van der Waals surface area contributed by atoms with Crippen LogP contribution in [0.2, 0.25) is 0 Å². The molecule has 54 valence electrons. The maximum absolute atomic E-state index is 5.18. The molecule has 0 unspecified atom stereocenters. The van der Waals surface area contributed by atoms with Gasteiger partial charge in [-0.25, -0.2) is 0 Å². The Hall–Kier alpha value is 0.500. The normalized spacial score (nSPS) is 7.50. The minimum Gasteiger partial charge on any atom is -0.316 e. The zero-order valence-electron chi connectivity index (χ0n) is 4.96. The van der Waals surface area contributed by atoms with Crippen LogP contribution in [0.3, 0.4) is 0 Å². The molecule has 0 bridgehead atoms. The van der Waals surface area contributed by atoms with Gasteiger partial charge >= 0.3 is 0 Å². The molecule has 4 heteroatoms. The Morgan fingerprint density at radius 1 is 1.25 bits per heavy atom. The van der Waals surface area contributed by atoms with Crippen molar-refractivity contribution in [2.45, 2.75) is 25.9 Å². The zero-order chi connectivity index (χ0) is 4.99. The summed E-state index contributed by atoms with van der Waals surface area (Å²) in [6.07, 6.45) is 1.91. The molecule has 0 aliphatic carbocycles. The zero-order valence-corrected chi connectivity index (χ0v) is 6.60. The molecule has 0 radical (unpaired) electrons. The lowest BCUT2D eigenvalue weighted by molar-refractivity contribution is 0.627. The summed E-state index contributed by atoms with van der Waals surface area (Å²) in [7, 11) is 0. The van der Waals surface area contributed by atoms with E-state index in [0.717, 1.165) is 12.8 Å². The maximum Gasteiger partial charge on any atom is 0.0520 e. The largest absolute Gasteiger partial charge is 0.316 e. The van der Waals surface area contributed by atoms with Crippen LogP contribution < -0.4 is 11.5 Å². The van der Waals surface area contributed by atoms with Crippen LogP contribution in [-0.4, -0.2) is 6.17 Å². The predicted octanol–water partition coefficient (Wildman–Crippen LogP) is 0.874. The standard InChI is InChI=1S/C4H12N2.2ClH/c1-2-3-4(5)6;;/h4H,2-3,5-6H2,1H3;2*1H. The predicted molar refractivity (Wildman–Crippen MR) is 41.6 cm³/mol. The van der Waals surface area contributed by atoms with E-state index < -0.39 is 0 Å². The highest BCUT2D eigenvalue weighted by atomic mass is 35.5. The third kappa shape index (κ3) is 16.1. The Kier molecular flexibility index (Phi) is 20.7. The summed E-state index contributed by atoms with van der Waals surface area (Å²) in [4.78, 5) is 0. The van der Waals surface area contributed by atoms with Crippen molar-refractivity contribution in [2.24, 2.45) is 11.5 Å². The van der Waals surface area contributed by atoms with Gasteiger partial charge in [-0.05, 0) is 6.42 Å². The molecule has 4 N–H and O–H groups in total.